The smallest absolute Gasteiger partial charge is 0.0696 e. The number of halogens is 1. The van der Waals surface area contributed by atoms with Crippen LogP contribution in [-0.4, -0.2) is 10.1 Å². The van der Waals surface area contributed by atoms with Crippen molar-refractivity contribution < 1.29 is 5.11 Å². The lowest BCUT2D eigenvalue weighted by Gasteiger charge is -2.06. The minimum Gasteiger partial charge on any atom is -0.392 e. The maximum atomic E-state index is 9.16. The number of aliphatic hydroxyl groups excluding tert-OH is 1. The van der Waals surface area contributed by atoms with Crippen molar-refractivity contribution >= 4 is 22.5 Å². The molecule has 104 valence electrons. The molecule has 0 radical (unpaired) electrons. The predicted molar refractivity (Wildman–Crippen MR) is 84.0 cm³/mol. The third-order valence-corrected chi connectivity index (χ3v) is 3.95. The van der Waals surface area contributed by atoms with E-state index in [-0.39, 0.29) is 6.61 Å². The first-order valence-corrected chi connectivity index (χ1v) is 6.97. The first-order chi connectivity index (χ1) is 10.2. The molecule has 3 nitrogen and oxygen atoms in total. The van der Waals surface area contributed by atoms with Crippen molar-refractivity contribution in [2.24, 2.45) is 0 Å². The topological polar surface area (TPSA) is 59.8 Å². The third-order valence-electron chi connectivity index (χ3n) is 3.59. The van der Waals surface area contributed by atoms with Crippen LogP contribution < -0.4 is 0 Å². The van der Waals surface area contributed by atoms with Gasteiger partial charge in [-0.1, -0.05) is 35.9 Å². The molecule has 21 heavy (non-hydrogen) atoms. The van der Waals surface area contributed by atoms with Gasteiger partial charge in [-0.2, -0.15) is 5.26 Å². The zero-order valence-electron chi connectivity index (χ0n) is 11.2. The second kappa shape index (κ2) is 5.61. The summed E-state index contributed by atoms with van der Waals surface area (Å²) >= 11 is 6.14. The standard InChI is InChI=1S/C17H13ClN2O/c18-16-7-11(1-2-14(16)10-21)12-3-4-15-13(5-6-19)9-20-17(15)8-12/h1-4,7-9,20-21H,5,10H2. The van der Waals surface area contributed by atoms with E-state index in [1.807, 2.05) is 42.6 Å². The lowest BCUT2D eigenvalue weighted by Crippen LogP contribution is -1.86. The number of nitrogens with one attached hydrogen (secondary N) is 1. The number of aliphatic hydroxyl groups is 1. The molecule has 0 aliphatic rings. The zero-order chi connectivity index (χ0) is 14.8. The lowest BCUT2D eigenvalue weighted by molar-refractivity contribution is 0.282. The highest BCUT2D eigenvalue weighted by molar-refractivity contribution is 6.31. The molecular weight excluding hydrogens is 284 g/mol. The first kappa shape index (κ1) is 13.7. The quantitative estimate of drug-likeness (QED) is 0.766. The largest absolute Gasteiger partial charge is 0.392 e. The average Bonchev–Trinajstić information content (AvgIpc) is 2.90. The summed E-state index contributed by atoms with van der Waals surface area (Å²) in [6.45, 7) is -0.0632. The molecule has 0 bridgehead atoms. The van der Waals surface area contributed by atoms with Crippen molar-refractivity contribution in [1.29, 1.82) is 5.26 Å². The number of hydrogen-bond acceptors (Lipinski definition) is 2. The summed E-state index contributed by atoms with van der Waals surface area (Å²) in [5.41, 5.74) is 4.76. The van der Waals surface area contributed by atoms with Gasteiger partial charge in [0.2, 0.25) is 0 Å². The van der Waals surface area contributed by atoms with Crippen LogP contribution in [0, 0.1) is 11.3 Å². The van der Waals surface area contributed by atoms with Crippen LogP contribution in [0.15, 0.2) is 42.6 Å². The Hall–Kier alpha value is -2.28. The van der Waals surface area contributed by atoms with Gasteiger partial charge in [-0.25, -0.2) is 0 Å². The van der Waals surface area contributed by atoms with Crippen LogP contribution in [0.3, 0.4) is 0 Å². The second-order valence-corrected chi connectivity index (χ2v) is 5.28. The minimum atomic E-state index is -0.0632. The average molecular weight is 297 g/mol. The highest BCUT2D eigenvalue weighted by Crippen LogP contribution is 2.29. The van der Waals surface area contributed by atoms with E-state index in [1.54, 1.807) is 0 Å². The van der Waals surface area contributed by atoms with E-state index in [1.165, 1.54) is 0 Å². The highest BCUT2D eigenvalue weighted by atomic mass is 35.5. The van der Waals surface area contributed by atoms with Crippen molar-refractivity contribution in [3.05, 3.63) is 58.7 Å². The van der Waals surface area contributed by atoms with Crippen LogP contribution >= 0.6 is 11.6 Å². The summed E-state index contributed by atoms with van der Waals surface area (Å²) in [6, 6.07) is 13.9. The molecule has 0 saturated carbocycles. The van der Waals surface area contributed by atoms with E-state index in [2.05, 4.69) is 11.1 Å². The van der Waals surface area contributed by atoms with Gasteiger partial charge in [0.15, 0.2) is 0 Å². The first-order valence-electron chi connectivity index (χ1n) is 6.59. The van der Waals surface area contributed by atoms with Gasteiger partial charge in [0, 0.05) is 22.1 Å². The molecule has 0 fully saturated rings. The molecule has 3 aromatic rings. The lowest BCUT2D eigenvalue weighted by atomic mass is 10.0. The monoisotopic (exact) mass is 296 g/mol. The molecule has 0 atom stereocenters. The highest BCUT2D eigenvalue weighted by Gasteiger charge is 2.07. The molecule has 3 rings (SSSR count). The second-order valence-electron chi connectivity index (χ2n) is 4.87. The van der Waals surface area contributed by atoms with Gasteiger partial charge >= 0.3 is 0 Å². The minimum absolute atomic E-state index is 0.0632. The number of nitriles is 1. The van der Waals surface area contributed by atoms with E-state index in [4.69, 9.17) is 22.0 Å². The molecule has 1 heterocycles. The maximum absolute atomic E-state index is 9.16. The fraction of sp³-hybridized carbons (Fsp3) is 0.118. The molecule has 1 aromatic heterocycles. The molecule has 0 spiro atoms. The molecule has 0 amide bonds. The number of hydrogen-bond donors (Lipinski definition) is 2. The number of aromatic nitrogens is 1. The van der Waals surface area contributed by atoms with E-state index < -0.39 is 0 Å². The number of fused-ring (bicyclic) bond motifs is 1. The van der Waals surface area contributed by atoms with E-state index in [0.717, 1.165) is 33.2 Å². The molecule has 4 heteroatoms. The number of nitrogens with zero attached hydrogens (tertiary/aromatic N) is 1. The van der Waals surface area contributed by atoms with Crippen LogP contribution in [0.2, 0.25) is 5.02 Å². The summed E-state index contributed by atoms with van der Waals surface area (Å²) in [5, 5.41) is 19.6. The van der Waals surface area contributed by atoms with Crippen molar-refractivity contribution in [3.63, 3.8) is 0 Å². The Morgan fingerprint density at radius 3 is 2.57 bits per heavy atom. The van der Waals surface area contributed by atoms with Crippen LogP contribution in [0.25, 0.3) is 22.0 Å². The Kier molecular flexibility index (Phi) is 3.66. The SMILES string of the molecule is N#CCc1c[nH]c2cc(-c3ccc(CO)c(Cl)c3)ccc12. The van der Waals surface area contributed by atoms with Gasteiger partial charge in [0.1, 0.15) is 0 Å². The van der Waals surface area contributed by atoms with Gasteiger partial charge < -0.3 is 10.1 Å². The Balaban J connectivity index is 2.05. The number of rotatable bonds is 3. The fourth-order valence-corrected chi connectivity index (χ4v) is 2.69. The van der Waals surface area contributed by atoms with Gasteiger partial charge in [-0.15, -0.1) is 0 Å². The molecule has 0 unspecified atom stereocenters. The van der Waals surface area contributed by atoms with E-state index >= 15 is 0 Å². The van der Waals surface area contributed by atoms with E-state index in [9.17, 15) is 0 Å². The van der Waals surface area contributed by atoms with Crippen molar-refractivity contribution in [2.45, 2.75) is 13.0 Å². The molecule has 2 N–H and O–H groups in total. The number of aromatic amines is 1. The third kappa shape index (κ3) is 2.52. The van der Waals surface area contributed by atoms with Crippen molar-refractivity contribution in [3.8, 4) is 17.2 Å². The maximum Gasteiger partial charge on any atom is 0.0696 e. The Labute approximate surface area is 127 Å². The van der Waals surface area contributed by atoms with Gasteiger partial charge in [0.25, 0.3) is 0 Å². The van der Waals surface area contributed by atoms with Gasteiger partial charge in [0.05, 0.1) is 19.1 Å². The summed E-state index contributed by atoms with van der Waals surface area (Å²) in [7, 11) is 0. The van der Waals surface area contributed by atoms with Crippen molar-refractivity contribution in [2.75, 3.05) is 0 Å². The molecular formula is C17H13ClN2O. The van der Waals surface area contributed by atoms with Crippen LogP contribution in [-0.2, 0) is 13.0 Å². The molecule has 0 saturated heterocycles. The summed E-state index contributed by atoms with van der Waals surface area (Å²) in [5.74, 6) is 0. The zero-order valence-corrected chi connectivity index (χ0v) is 12.0. The Morgan fingerprint density at radius 1 is 1.10 bits per heavy atom. The van der Waals surface area contributed by atoms with Gasteiger partial charge in [-0.05, 0) is 34.4 Å². The Morgan fingerprint density at radius 2 is 1.86 bits per heavy atom. The van der Waals surface area contributed by atoms with Crippen LogP contribution in [0.1, 0.15) is 11.1 Å². The van der Waals surface area contributed by atoms with Gasteiger partial charge in [-0.3, -0.25) is 0 Å². The molecule has 0 aliphatic heterocycles. The Bertz CT molecular complexity index is 846. The molecule has 2 aromatic carbocycles. The predicted octanol–water partition coefficient (Wildman–Crippen LogP) is 4.05. The van der Waals surface area contributed by atoms with Crippen molar-refractivity contribution in [1.82, 2.24) is 4.98 Å². The fourth-order valence-electron chi connectivity index (χ4n) is 2.45. The normalized spacial score (nSPS) is 10.7. The van der Waals surface area contributed by atoms with Crippen LogP contribution in [0.4, 0.5) is 0 Å². The van der Waals surface area contributed by atoms with E-state index in [0.29, 0.717) is 11.4 Å². The number of benzene rings is 2. The molecule has 0 aliphatic carbocycles. The number of H-pyrrole nitrogens is 1. The summed E-state index contributed by atoms with van der Waals surface area (Å²) < 4.78 is 0. The summed E-state index contributed by atoms with van der Waals surface area (Å²) in [4.78, 5) is 3.20. The van der Waals surface area contributed by atoms with Crippen LogP contribution in [0.5, 0.6) is 0 Å². The summed E-state index contributed by atoms with van der Waals surface area (Å²) in [6.07, 6.45) is 2.27.